The first-order valence-corrected chi connectivity index (χ1v) is 10.5. The summed E-state index contributed by atoms with van der Waals surface area (Å²) in [5.41, 5.74) is 2.19. The molecule has 7 heteroatoms. The maximum absolute atomic E-state index is 12.4. The summed E-state index contributed by atoms with van der Waals surface area (Å²) in [6.07, 6.45) is 2.41. The molecule has 1 saturated heterocycles. The summed E-state index contributed by atoms with van der Waals surface area (Å²) in [7, 11) is -3.20. The molecular formula is C18H28N2O4S. The Morgan fingerprint density at radius 3 is 2.52 bits per heavy atom. The predicted molar refractivity (Wildman–Crippen MR) is 98.3 cm³/mol. The second kappa shape index (κ2) is 8.19. The molecule has 1 fully saturated rings. The number of benzene rings is 1. The maximum atomic E-state index is 12.4. The third-order valence-electron chi connectivity index (χ3n) is 4.46. The lowest BCUT2D eigenvalue weighted by Crippen LogP contribution is -2.47. The van der Waals surface area contributed by atoms with E-state index in [1.54, 1.807) is 4.90 Å². The predicted octanol–water partition coefficient (Wildman–Crippen LogP) is 2.04. The summed E-state index contributed by atoms with van der Waals surface area (Å²) >= 11 is 0. The third-order valence-corrected chi connectivity index (χ3v) is 5.22. The van der Waals surface area contributed by atoms with Gasteiger partial charge in [0.05, 0.1) is 6.26 Å². The van der Waals surface area contributed by atoms with Gasteiger partial charge in [0.15, 0.2) is 6.61 Å². The molecule has 0 saturated carbocycles. The number of hydrogen-bond donors (Lipinski definition) is 1. The topological polar surface area (TPSA) is 75.7 Å². The minimum atomic E-state index is -3.20. The molecule has 25 heavy (non-hydrogen) atoms. The summed E-state index contributed by atoms with van der Waals surface area (Å²) in [5.74, 6) is 1.08. The minimum absolute atomic E-state index is 0.00651. The first-order chi connectivity index (χ1) is 11.7. The zero-order chi connectivity index (χ0) is 18.6. The lowest BCUT2D eigenvalue weighted by atomic mass is 10.0. The molecule has 1 aliphatic heterocycles. The van der Waals surface area contributed by atoms with Crippen molar-refractivity contribution in [2.45, 2.75) is 45.6 Å². The number of likely N-dealkylation sites (tertiary alicyclic amines) is 1. The van der Waals surface area contributed by atoms with E-state index in [1.165, 1.54) is 5.56 Å². The summed E-state index contributed by atoms with van der Waals surface area (Å²) in [5, 5.41) is 0. The van der Waals surface area contributed by atoms with Gasteiger partial charge in [-0.3, -0.25) is 4.79 Å². The monoisotopic (exact) mass is 368 g/mol. The van der Waals surface area contributed by atoms with Crippen LogP contribution in [-0.4, -0.2) is 51.2 Å². The number of ether oxygens (including phenoxy) is 1. The Bertz CT molecular complexity index is 708. The molecule has 0 unspecified atom stereocenters. The first-order valence-electron chi connectivity index (χ1n) is 8.64. The van der Waals surface area contributed by atoms with Crippen LogP contribution in [-0.2, 0) is 14.8 Å². The number of nitrogens with zero attached hydrogens (tertiary/aromatic N) is 1. The number of carbonyl (C=O) groups is 1. The highest BCUT2D eigenvalue weighted by Crippen LogP contribution is 2.24. The maximum Gasteiger partial charge on any atom is 0.260 e. The van der Waals surface area contributed by atoms with Gasteiger partial charge in [0, 0.05) is 19.1 Å². The lowest BCUT2D eigenvalue weighted by molar-refractivity contribution is -0.134. The van der Waals surface area contributed by atoms with Gasteiger partial charge >= 0.3 is 0 Å². The number of piperidine rings is 1. The Morgan fingerprint density at radius 1 is 1.32 bits per heavy atom. The van der Waals surface area contributed by atoms with Crippen molar-refractivity contribution in [2.24, 2.45) is 0 Å². The first kappa shape index (κ1) is 19.7. The summed E-state index contributed by atoms with van der Waals surface area (Å²) in [6.45, 7) is 7.29. The molecule has 2 rings (SSSR count). The van der Waals surface area contributed by atoms with Crippen molar-refractivity contribution in [1.29, 1.82) is 0 Å². The van der Waals surface area contributed by atoms with Gasteiger partial charge in [-0.15, -0.1) is 0 Å². The SMILES string of the molecule is Cc1ccc(C(C)C)cc1OCC(=O)N1CCC(NS(C)(=O)=O)CC1. The fraction of sp³-hybridized carbons (Fsp3) is 0.611. The van der Waals surface area contributed by atoms with Crippen molar-refractivity contribution in [1.82, 2.24) is 9.62 Å². The molecule has 6 nitrogen and oxygen atoms in total. The van der Waals surface area contributed by atoms with E-state index in [9.17, 15) is 13.2 Å². The largest absolute Gasteiger partial charge is 0.483 e. The molecule has 0 aliphatic carbocycles. The fourth-order valence-electron chi connectivity index (χ4n) is 2.91. The summed E-state index contributed by atoms with van der Waals surface area (Å²) in [6, 6.07) is 5.99. The smallest absolute Gasteiger partial charge is 0.260 e. The van der Waals surface area contributed by atoms with Crippen molar-refractivity contribution >= 4 is 15.9 Å². The number of carbonyl (C=O) groups excluding carboxylic acids is 1. The van der Waals surface area contributed by atoms with Gasteiger partial charge in [0.1, 0.15) is 5.75 Å². The molecule has 1 aromatic carbocycles. The van der Waals surface area contributed by atoms with Gasteiger partial charge in [-0.05, 0) is 42.9 Å². The van der Waals surface area contributed by atoms with E-state index >= 15 is 0 Å². The zero-order valence-corrected chi connectivity index (χ0v) is 16.2. The summed E-state index contributed by atoms with van der Waals surface area (Å²) < 4.78 is 30.9. The van der Waals surface area contributed by atoms with E-state index in [-0.39, 0.29) is 18.6 Å². The Kier molecular flexibility index (Phi) is 6.46. The van der Waals surface area contributed by atoms with Crippen LogP contribution >= 0.6 is 0 Å². The molecule has 140 valence electrons. The van der Waals surface area contributed by atoms with Crippen LogP contribution in [0.4, 0.5) is 0 Å². The van der Waals surface area contributed by atoms with Crippen LogP contribution in [0.5, 0.6) is 5.75 Å². The van der Waals surface area contributed by atoms with Gasteiger partial charge in [-0.2, -0.15) is 0 Å². The van der Waals surface area contributed by atoms with Gasteiger partial charge < -0.3 is 9.64 Å². The van der Waals surface area contributed by atoms with Crippen LogP contribution in [0.3, 0.4) is 0 Å². The molecule has 0 bridgehead atoms. The normalized spacial score (nSPS) is 16.3. The van der Waals surface area contributed by atoms with Crippen LogP contribution in [0, 0.1) is 6.92 Å². The highest BCUT2D eigenvalue weighted by molar-refractivity contribution is 7.88. The Balaban J connectivity index is 1.86. The van der Waals surface area contributed by atoms with Crippen LogP contribution in [0.15, 0.2) is 18.2 Å². The van der Waals surface area contributed by atoms with Crippen LogP contribution in [0.25, 0.3) is 0 Å². The van der Waals surface area contributed by atoms with Gasteiger partial charge in [0.25, 0.3) is 5.91 Å². The minimum Gasteiger partial charge on any atom is -0.483 e. The average molecular weight is 368 g/mol. The molecule has 1 heterocycles. The van der Waals surface area contributed by atoms with Gasteiger partial charge in [-0.25, -0.2) is 13.1 Å². The average Bonchev–Trinajstić information content (AvgIpc) is 2.52. The number of aryl methyl sites for hydroxylation is 1. The Morgan fingerprint density at radius 2 is 1.96 bits per heavy atom. The Hall–Kier alpha value is -1.60. The number of rotatable bonds is 6. The van der Waals surface area contributed by atoms with Gasteiger partial charge in [-0.1, -0.05) is 26.0 Å². The molecule has 1 amide bonds. The highest BCUT2D eigenvalue weighted by Gasteiger charge is 2.24. The number of hydrogen-bond acceptors (Lipinski definition) is 4. The number of sulfonamides is 1. The van der Waals surface area contributed by atoms with E-state index in [1.807, 2.05) is 19.1 Å². The standard InChI is InChI=1S/C18H28N2O4S/c1-13(2)15-6-5-14(3)17(11-15)24-12-18(21)20-9-7-16(8-10-20)19-25(4,22)23/h5-6,11,13,16,19H,7-10,12H2,1-4H3. The van der Waals surface area contributed by atoms with Crippen LogP contribution in [0.1, 0.15) is 43.7 Å². The van der Waals surface area contributed by atoms with Crippen LogP contribution in [0.2, 0.25) is 0 Å². The van der Waals surface area contributed by atoms with Crippen molar-refractivity contribution in [2.75, 3.05) is 26.0 Å². The second-order valence-corrected chi connectivity index (χ2v) is 8.79. The third kappa shape index (κ3) is 6.01. The van der Waals surface area contributed by atoms with E-state index < -0.39 is 10.0 Å². The van der Waals surface area contributed by atoms with Crippen molar-refractivity contribution in [3.05, 3.63) is 29.3 Å². The van der Waals surface area contributed by atoms with Gasteiger partial charge in [0.2, 0.25) is 10.0 Å². The molecule has 0 aromatic heterocycles. The zero-order valence-electron chi connectivity index (χ0n) is 15.4. The quantitative estimate of drug-likeness (QED) is 0.834. The van der Waals surface area contributed by atoms with E-state index in [2.05, 4.69) is 24.6 Å². The van der Waals surface area contributed by atoms with Crippen molar-refractivity contribution in [3.8, 4) is 5.75 Å². The molecule has 0 radical (unpaired) electrons. The van der Waals surface area contributed by atoms with E-state index in [0.29, 0.717) is 31.8 Å². The van der Waals surface area contributed by atoms with Crippen molar-refractivity contribution in [3.63, 3.8) is 0 Å². The second-order valence-electron chi connectivity index (χ2n) is 7.01. The molecule has 1 N–H and O–H groups in total. The molecule has 1 aromatic rings. The Labute approximate surface area is 150 Å². The molecule has 1 aliphatic rings. The van der Waals surface area contributed by atoms with Crippen molar-refractivity contribution < 1.29 is 17.9 Å². The number of nitrogens with one attached hydrogen (secondary N) is 1. The number of amides is 1. The van der Waals surface area contributed by atoms with Crippen LogP contribution < -0.4 is 9.46 Å². The highest BCUT2D eigenvalue weighted by atomic mass is 32.2. The molecule has 0 spiro atoms. The van der Waals surface area contributed by atoms with E-state index in [0.717, 1.165) is 17.6 Å². The fourth-order valence-corrected chi connectivity index (χ4v) is 3.75. The molecular weight excluding hydrogens is 340 g/mol. The van der Waals surface area contributed by atoms with E-state index in [4.69, 9.17) is 4.74 Å². The summed E-state index contributed by atoms with van der Waals surface area (Å²) in [4.78, 5) is 14.1. The molecule has 0 atom stereocenters. The lowest BCUT2D eigenvalue weighted by Gasteiger charge is -2.32.